The lowest BCUT2D eigenvalue weighted by atomic mass is 10.1. The summed E-state index contributed by atoms with van der Waals surface area (Å²) < 4.78 is 0. The van der Waals surface area contributed by atoms with E-state index in [0.29, 0.717) is 11.4 Å². The summed E-state index contributed by atoms with van der Waals surface area (Å²) in [7, 11) is 1.73. The Morgan fingerprint density at radius 2 is 1.80 bits per heavy atom. The molecule has 158 valence electrons. The van der Waals surface area contributed by atoms with E-state index in [2.05, 4.69) is 10.6 Å². The van der Waals surface area contributed by atoms with Crippen molar-refractivity contribution >= 4 is 34.8 Å². The normalized spacial score (nSPS) is 16.0. The highest BCUT2D eigenvalue weighted by Gasteiger charge is 2.30. The molecule has 0 saturated carbocycles. The number of nitrogens with one attached hydrogen (secondary N) is 2. The molecule has 3 rings (SSSR count). The molecule has 3 amide bonds. The second kappa shape index (κ2) is 9.09. The molecule has 2 aromatic rings. The quantitative estimate of drug-likeness (QED) is 0.797. The van der Waals surface area contributed by atoms with Crippen LogP contribution in [0.4, 0.5) is 17.1 Å². The van der Waals surface area contributed by atoms with E-state index in [1.165, 1.54) is 0 Å². The number of rotatable bonds is 5. The molecule has 1 atom stereocenters. The fourth-order valence-electron chi connectivity index (χ4n) is 3.82. The van der Waals surface area contributed by atoms with Crippen molar-refractivity contribution in [3.05, 3.63) is 53.6 Å². The maximum atomic E-state index is 13.1. The number of nitrogens with zero attached hydrogens (tertiary/aromatic N) is 2. The summed E-state index contributed by atoms with van der Waals surface area (Å²) >= 11 is 0. The van der Waals surface area contributed by atoms with E-state index >= 15 is 0 Å². The van der Waals surface area contributed by atoms with Gasteiger partial charge in [0.05, 0.1) is 24.5 Å². The van der Waals surface area contributed by atoms with Crippen molar-refractivity contribution in [3.63, 3.8) is 0 Å². The maximum Gasteiger partial charge on any atom is 0.241 e. The van der Waals surface area contributed by atoms with Crippen molar-refractivity contribution in [3.8, 4) is 0 Å². The lowest BCUT2D eigenvalue weighted by molar-refractivity contribution is -0.121. The Labute approximate surface area is 177 Å². The second-order valence-corrected chi connectivity index (χ2v) is 7.98. The van der Waals surface area contributed by atoms with Crippen molar-refractivity contribution in [2.45, 2.75) is 33.2 Å². The van der Waals surface area contributed by atoms with Gasteiger partial charge in [0.25, 0.3) is 0 Å². The Morgan fingerprint density at radius 3 is 2.50 bits per heavy atom. The zero-order valence-corrected chi connectivity index (χ0v) is 17.9. The van der Waals surface area contributed by atoms with Gasteiger partial charge >= 0.3 is 0 Å². The standard InChI is InChI=1S/C23H28N4O3/c1-15-9-16(2)11-18(10-15)24-22(29)13-26(4)14-23(30)27-17(3)12-21(28)25-19-7-5-6-8-20(19)27/h5-11,17H,12-14H2,1-4H3,(H,24,29)(H,25,28). The molecule has 0 aromatic heterocycles. The lowest BCUT2D eigenvalue weighted by Crippen LogP contribution is -2.45. The predicted molar refractivity (Wildman–Crippen MR) is 119 cm³/mol. The smallest absolute Gasteiger partial charge is 0.241 e. The molecule has 1 heterocycles. The number of benzene rings is 2. The Morgan fingerprint density at radius 1 is 1.13 bits per heavy atom. The van der Waals surface area contributed by atoms with Crippen LogP contribution in [-0.4, -0.2) is 48.8 Å². The summed E-state index contributed by atoms with van der Waals surface area (Å²) in [5.41, 5.74) is 4.19. The van der Waals surface area contributed by atoms with Gasteiger partial charge in [0.2, 0.25) is 17.7 Å². The maximum absolute atomic E-state index is 13.1. The predicted octanol–water partition coefficient (Wildman–Crippen LogP) is 2.94. The minimum absolute atomic E-state index is 0.0626. The minimum Gasteiger partial charge on any atom is -0.325 e. The summed E-state index contributed by atoms with van der Waals surface area (Å²) in [5.74, 6) is -0.462. The number of hydrogen-bond acceptors (Lipinski definition) is 4. The first-order valence-corrected chi connectivity index (χ1v) is 10.0. The van der Waals surface area contributed by atoms with Crippen LogP contribution < -0.4 is 15.5 Å². The van der Waals surface area contributed by atoms with E-state index in [1.807, 2.05) is 57.2 Å². The van der Waals surface area contributed by atoms with Gasteiger partial charge in [-0.1, -0.05) is 18.2 Å². The number of fused-ring (bicyclic) bond motifs is 1. The number of carbonyl (C=O) groups excluding carboxylic acids is 3. The van der Waals surface area contributed by atoms with E-state index in [1.54, 1.807) is 22.9 Å². The van der Waals surface area contributed by atoms with Gasteiger partial charge in [-0.2, -0.15) is 0 Å². The minimum atomic E-state index is -0.279. The molecule has 0 aliphatic carbocycles. The monoisotopic (exact) mass is 408 g/mol. The SMILES string of the molecule is Cc1cc(C)cc(NC(=O)CN(C)CC(=O)N2c3ccccc3NC(=O)CC2C)c1. The summed E-state index contributed by atoms with van der Waals surface area (Å²) in [4.78, 5) is 40.9. The molecule has 1 aliphatic heterocycles. The van der Waals surface area contributed by atoms with E-state index < -0.39 is 0 Å². The van der Waals surface area contributed by atoms with E-state index in [-0.39, 0.29) is 43.3 Å². The summed E-state index contributed by atoms with van der Waals surface area (Å²) in [6.07, 6.45) is 0.220. The largest absolute Gasteiger partial charge is 0.325 e. The van der Waals surface area contributed by atoms with E-state index in [0.717, 1.165) is 16.8 Å². The number of para-hydroxylation sites is 2. The van der Waals surface area contributed by atoms with Crippen LogP contribution in [0.5, 0.6) is 0 Å². The molecule has 30 heavy (non-hydrogen) atoms. The van der Waals surface area contributed by atoms with Gasteiger partial charge in [-0.15, -0.1) is 0 Å². The summed E-state index contributed by atoms with van der Waals surface area (Å²) in [5, 5.41) is 5.74. The third-order valence-corrected chi connectivity index (χ3v) is 4.95. The molecule has 0 fully saturated rings. The molecule has 0 bridgehead atoms. The average molecular weight is 409 g/mol. The molecule has 7 nitrogen and oxygen atoms in total. The van der Waals surface area contributed by atoms with Gasteiger partial charge in [-0.25, -0.2) is 0 Å². The van der Waals surface area contributed by atoms with Crippen LogP contribution in [0.3, 0.4) is 0 Å². The van der Waals surface area contributed by atoms with Crippen LogP contribution in [0.15, 0.2) is 42.5 Å². The molecule has 7 heteroatoms. The van der Waals surface area contributed by atoms with Crippen LogP contribution in [0.25, 0.3) is 0 Å². The Kier molecular flexibility index (Phi) is 6.52. The molecule has 1 aliphatic rings. The first-order chi connectivity index (χ1) is 14.2. The van der Waals surface area contributed by atoms with Crippen molar-refractivity contribution in [1.29, 1.82) is 0 Å². The number of carbonyl (C=O) groups is 3. The molecule has 2 N–H and O–H groups in total. The van der Waals surface area contributed by atoms with Gasteiger partial charge in [0.15, 0.2) is 0 Å². The van der Waals surface area contributed by atoms with Gasteiger partial charge in [-0.3, -0.25) is 19.3 Å². The molecule has 1 unspecified atom stereocenters. The fraction of sp³-hybridized carbons (Fsp3) is 0.348. The van der Waals surface area contributed by atoms with Gasteiger partial charge < -0.3 is 15.5 Å². The van der Waals surface area contributed by atoms with Gasteiger partial charge in [0.1, 0.15) is 0 Å². The third-order valence-electron chi connectivity index (χ3n) is 4.95. The first kappa shape index (κ1) is 21.5. The van der Waals surface area contributed by atoms with E-state index in [9.17, 15) is 14.4 Å². The Bertz CT molecular complexity index is 952. The lowest BCUT2D eigenvalue weighted by Gasteiger charge is -2.29. The fourth-order valence-corrected chi connectivity index (χ4v) is 3.82. The second-order valence-electron chi connectivity index (χ2n) is 7.98. The Balaban J connectivity index is 1.66. The van der Waals surface area contributed by atoms with E-state index in [4.69, 9.17) is 0 Å². The van der Waals surface area contributed by atoms with Crippen LogP contribution >= 0.6 is 0 Å². The summed E-state index contributed by atoms with van der Waals surface area (Å²) in [6, 6.07) is 12.9. The summed E-state index contributed by atoms with van der Waals surface area (Å²) in [6.45, 7) is 5.96. The third kappa shape index (κ3) is 5.24. The molecular formula is C23H28N4O3. The molecule has 0 spiro atoms. The number of aryl methyl sites for hydroxylation is 2. The number of likely N-dealkylation sites (N-methyl/N-ethyl adjacent to an activating group) is 1. The van der Waals surface area contributed by atoms with Crippen LogP contribution in [0.1, 0.15) is 24.5 Å². The molecule has 0 radical (unpaired) electrons. The van der Waals surface area contributed by atoms with Crippen molar-refractivity contribution in [2.75, 3.05) is 35.7 Å². The van der Waals surface area contributed by atoms with Crippen LogP contribution in [0, 0.1) is 13.8 Å². The molecule has 0 saturated heterocycles. The average Bonchev–Trinajstić information content (AvgIpc) is 2.74. The van der Waals surface area contributed by atoms with Gasteiger partial charge in [0, 0.05) is 18.2 Å². The highest BCUT2D eigenvalue weighted by atomic mass is 16.2. The zero-order valence-electron chi connectivity index (χ0n) is 17.9. The van der Waals surface area contributed by atoms with Crippen molar-refractivity contribution in [2.24, 2.45) is 0 Å². The highest BCUT2D eigenvalue weighted by molar-refractivity contribution is 6.05. The van der Waals surface area contributed by atoms with Crippen LogP contribution in [-0.2, 0) is 14.4 Å². The van der Waals surface area contributed by atoms with Crippen molar-refractivity contribution in [1.82, 2.24) is 4.90 Å². The number of hydrogen-bond donors (Lipinski definition) is 2. The van der Waals surface area contributed by atoms with Crippen molar-refractivity contribution < 1.29 is 14.4 Å². The zero-order chi connectivity index (χ0) is 21.8. The Hall–Kier alpha value is -3.19. The molecule has 2 aromatic carbocycles. The highest BCUT2D eigenvalue weighted by Crippen LogP contribution is 2.31. The van der Waals surface area contributed by atoms with Crippen LogP contribution in [0.2, 0.25) is 0 Å². The number of anilines is 3. The molecular weight excluding hydrogens is 380 g/mol. The first-order valence-electron chi connectivity index (χ1n) is 10.0. The number of amides is 3. The van der Waals surface area contributed by atoms with Gasteiger partial charge in [-0.05, 0) is 63.2 Å². The topological polar surface area (TPSA) is 81.8 Å².